The molecule has 3 aromatic carbocycles. The molecule has 0 aromatic heterocycles. The van der Waals surface area contributed by atoms with Crippen LogP contribution in [-0.2, 0) is 11.2 Å². The van der Waals surface area contributed by atoms with Gasteiger partial charge in [-0.2, -0.15) is 0 Å². The topological polar surface area (TPSA) is 75.6 Å². The average molecular weight is 418 g/mol. The number of unbranched alkanes of at least 4 members (excludes halogenated alkanes) is 1. The quantitative estimate of drug-likeness (QED) is 0.457. The van der Waals surface area contributed by atoms with Gasteiger partial charge in [0.25, 0.3) is 5.91 Å². The van der Waals surface area contributed by atoms with E-state index in [1.54, 1.807) is 12.1 Å². The van der Waals surface area contributed by atoms with Crippen LogP contribution in [0.5, 0.6) is 5.75 Å². The van der Waals surface area contributed by atoms with Gasteiger partial charge in [-0.15, -0.1) is 0 Å². The standard InChI is InChI=1S/C26H27NO4/c1-2-3-17-31-23-15-13-21(14-16-23)20-9-11-22(12-10-20)25(28)27-24(26(29)30)18-19-7-5-4-6-8-19/h4-16,24H,2-3,17-18H2,1H3,(H,27,28)(H,29,30). The van der Waals surface area contributed by atoms with Crippen LogP contribution in [-0.4, -0.2) is 29.6 Å². The molecule has 160 valence electrons. The molecular formula is C26H27NO4. The number of carbonyl (C=O) groups is 2. The van der Waals surface area contributed by atoms with Crippen LogP contribution < -0.4 is 10.1 Å². The summed E-state index contributed by atoms with van der Waals surface area (Å²) in [5.74, 6) is -0.629. The van der Waals surface area contributed by atoms with Crippen molar-refractivity contribution in [3.05, 3.63) is 90.0 Å². The minimum Gasteiger partial charge on any atom is -0.494 e. The Balaban J connectivity index is 1.63. The molecule has 0 saturated carbocycles. The van der Waals surface area contributed by atoms with Gasteiger partial charge in [0.1, 0.15) is 11.8 Å². The Morgan fingerprint density at radius 3 is 2.10 bits per heavy atom. The van der Waals surface area contributed by atoms with E-state index in [0.29, 0.717) is 12.2 Å². The van der Waals surface area contributed by atoms with E-state index in [1.807, 2.05) is 66.7 Å². The Hall–Kier alpha value is -3.60. The smallest absolute Gasteiger partial charge is 0.326 e. The van der Waals surface area contributed by atoms with Crippen molar-refractivity contribution in [1.29, 1.82) is 0 Å². The van der Waals surface area contributed by atoms with Crippen LogP contribution >= 0.6 is 0 Å². The van der Waals surface area contributed by atoms with E-state index in [1.165, 1.54) is 0 Å². The molecule has 0 aliphatic carbocycles. The zero-order chi connectivity index (χ0) is 22.1. The lowest BCUT2D eigenvalue weighted by atomic mass is 10.0. The fourth-order valence-corrected chi connectivity index (χ4v) is 3.18. The molecule has 1 amide bonds. The summed E-state index contributed by atoms with van der Waals surface area (Å²) in [6.07, 6.45) is 2.35. The van der Waals surface area contributed by atoms with Crippen molar-refractivity contribution in [2.45, 2.75) is 32.2 Å². The highest BCUT2D eigenvalue weighted by Crippen LogP contribution is 2.23. The number of rotatable bonds is 10. The van der Waals surface area contributed by atoms with Gasteiger partial charge in [0.05, 0.1) is 6.61 Å². The Morgan fingerprint density at radius 2 is 1.52 bits per heavy atom. The molecule has 5 heteroatoms. The number of aliphatic carboxylic acids is 1. The summed E-state index contributed by atoms with van der Waals surface area (Å²) in [5, 5.41) is 12.1. The van der Waals surface area contributed by atoms with E-state index < -0.39 is 17.9 Å². The summed E-state index contributed by atoms with van der Waals surface area (Å²) < 4.78 is 5.69. The first-order valence-electron chi connectivity index (χ1n) is 10.5. The van der Waals surface area contributed by atoms with E-state index in [0.717, 1.165) is 35.3 Å². The Morgan fingerprint density at radius 1 is 0.903 bits per heavy atom. The van der Waals surface area contributed by atoms with Crippen LogP contribution in [0.2, 0.25) is 0 Å². The molecular weight excluding hydrogens is 390 g/mol. The highest BCUT2D eigenvalue weighted by Gasteiger charge is 2.21. The molecule has 31 heavy (non-hydrogen) atoms. The predicted octanol–water partition coefficient (Wildman–Crippen LogP) is 4.96. The molecule has 3 aromatic rings. The molecule has 3 rings (SSSR count). The van der Waals surface area contributed by atoms with Gasteiger partial charge in [0.15, 0.2) is 0 Å². The van der Waals surface area contributed by atoms with Crippen LogP contribution in [0.1, 0.15) is 35.7 Å². The predicted molar refractivity (Wildman–Crippen MR) is 121 cm³/mol. The molecule has 0 aliphatic rings. The molecule has 1 atom stereocenters. The minimum absolute atomic E-state index is 0.229. The summed E-state index contributed by atoms with van der Waals surface area (Å²) in [5.41, 5.74) is 3.26. The summed E-state index contributed by atoms with van der Waals surface area (Å²) in [6.45, 7) is 2.84. The Bertz CT molecular complexity index is 982. The van der Waals surface area contributed by atoms with Crippen LogP contribution in [0.4, 0.5) is 0 Å². The monoisotopic (exact) mass is 417 g/mol. The van der Waals surface area contributed by atoms with Gasteiger partial charge in [0, 0.05) is 12.0 Å². The summed E-state index contributed by atoms with van der Waals surface area (Å²) in [4.78, 5) is 24.2. The Labute approximate surface area is 182 Å². The first-order valence-corrected chi connectivity index (χ1v) is 10.5. The molecule has 1 unspecified atom stereocenters. The van der Waals surface area contributed by atoms with E-state index in [2.05, 4.69) is 12.2 Å². The van der Waals surface area contributed by atoms with E-state index in [4.69, 9.17) is 4.74 Å². The third kappa shape index (κ3) is 6.44. The second-order valence-corrected chi connectivity index (χ2v) is 7.36. The highest BCUT2D eigenvalue weighted by molar-refractivity contribution is 5.97. The number of nitrogens with one attached hydrogen (secondary N) is 1. The highest BCUT2D eigenvalue weighted by atomic mass is 16.5. The van der Waals surface area contributed by atoms with Crippen molar-refractivity contribution in [2.24, 2.45) is 0 Å². The zero-order valence-corrected chi connectivity index (χ0v) is 17.6. The minimum atomic E-state index is -1.06. The van der Waals surface area contributed by atoms with Crippen molar-refractivity contribution >= 4 is 11.9 Å². The van der Waals surface area contributed by atoms with Gasteiger partial charge in [-0.05, 0) is 47.4 Å². The number of carboxylic acid groups (broad SMARTS) is 1. The maximum Gasteiger partial charge on any atom is 0.326 e. The third-order valence-electron chi connectivity index (χ3n) is 4.99. The molecule has 2 N–H and O–H groups in total. The third-order valence-corrected chi connectivity index (χ3v) is 4.99. The van der Waals surface area contributed by atoms with Crippen molar-refractivity contribution < 1.29 is 19.4 Å². The van der Waals surface area contributed by atoms with Gasteiger partial charge in [-0.3, -0.25) is 4.79 Å². The van der Waals surface area contributed by atoms with Crippen LogP contribution in [0.25, 0.3) is 11.1 Å². The summed E-state index contributed by atoms with van der Waals surface area (Å²) in [7, 11) is 0. The molecule has 0 bridgehead atoms. The molecule has 5 nitrogen and oxygen atoms in total. The number of carboxylic acids is 1. The SMILES string of the molecule is CCCCOc1ccc(-c2ccc(C(=O)NC(Cc3ccccc3)C(=O)O)cc2)cc1. The summed E-state index contributed by atoms with van der Waals surface area (Å²) >= 11 is 0. The van der Waals surface area contributed by atoms with Gasteiger partial charge >= 0.3 is 5.97 Å². The first kappa shape index (κ1) is 22.1. The number of carbonyl (C=O) groups excluding carboxylic acids is 1. The van der Waals surface area contributed by atoms with Crippen LogP contribution in [0.3, 0.4) is 0 Å². The van der Waals surface area contributed by atoms with Crippen molar-refractivity contribution in [2.75, 3.05) is 6.61 Å². The fourth-order valence-electron chi connectivity index (χ4n) is 3.18. The van der Waals surface area contributed by atoms with Crippen molar-refractivity contribution in [3.8, 4) is 16.9 Å². The summed E-state index contributed by atoms with van der Waals surface area (Å²) in [6, 6.07) is 23.2. The van der Waals surface area contributed by atoms with Crippen molar-refractivity contribution in [3.63, 3.8) is 0 Å². The average Bonchev–Trinajstić information content (AvgIpc) is 2.80. The van der Waals surface area contributed by atoms with Gasteiger partial charge in [-0.1, -0.05) is 67.9 Å². The van der Waals surface area contributed by atoms with Gasteiger partial charge < -0.3 is 15.2 Å². The van der Waals surface area contributed by atoms with Gasteiger partial charge in [0.2, 0.25) is 0 Å². The number of benzene rings is 3. The normalized spacial score (nSPS) is 11.5. The molecule has 0 saturated heterocycles. The van der Waals surface area contributed by atoms with Crippen LogP contribution in [0.15, 0.2) is 78.9 Å². The fraction of sp³-hybridized carbons (Fsp3) is 0.231. The maximum absolute atomic E-state index is 12.6. The Kier molecular flexibility index (Phi) is 7.82. The molecule has 0 spiro atoms. The molecule has 0 aliphatic heterocycles. The van der Waals surface area contributed by atoms with Crippen molar-refractivity contribution in [1.82, 2.24) is 5.32 Å². The lowest BCUT2D eigenvalue weighted by molar-refractivity contribution is -0.139. The number of hydrogen-bond acceptors (Lipinski definition) is 3. The van der Waals surface area contributed by atoms with E-state index >= 15 is 0 Å². The molecule has 0 fully saturated rings. The van der Waals surface area contributed by atoms with Crippen LogP contribution in [0, 0.1) is 0 Å². The molecule has 0 radical (unpaired) electrons. The largest absolute Gasteiger partial charge is 0.494 e. The molecule has 0 heterocycles. The first-order chi connectivity index (χ1) is 15.1. The number of ether oxygens (including phenoxy) is 1. The van der Waals surface area contributed by atoms with E-state index in [9.17, 15) is 14.7 Å². The van der Waals surface area contributed by atoms with Gasteiger partial charge in [-0.25, -0.2) is 4.79 Å². The lowest BCUT2D eigenvalue weighted by Crippen LogP contribution is -2.42. The zero-order valence-electron chi connectivity index (χ0n) is 17.6. The lowest BCUT2D eigenvalue weighted by Gasteiger charge is -2.15. The number of amides is 1. The van der Waals surface area contributed by atoms with E-state index in [-0.39, 0.29) is 6.42 Å². The number of hydrogen-bond donors (Lipinski definition) is 2. The second-order valence-electron chi connectivity index (χ2n) is 7.36. The maximum atomic E-state index is 12.6. The second kappa shape index (κ2) is 11.0.